The predicted octanol–water partition coefficient (Wildman–Crippen LogP) is 3.00. The lowest BCUT2D eigenvalue weighted by Crippen LogP contribution is -2.51. The molecule has 12 heteroatoms. The van der Waals surface area contributed by atoms with Crippen LogP contribution < -0.4 is 20.9 Å². The Morgan fingerprint density at radius 1 is 1.17 bits per heavy atom. The van der Waals surface area contributed by atoms with Gasteiger partial charge in [0, 0.05) is 22.7 Å². The minimum Gasteiger partial charge on any atom is -0.479 e. The van der Waals surface area contributed by atoms with Gasteiger partial charge < -0.3 is 4.74 Å². The first-order valence-corrected chi connectivity index (χ1v) is 9.11. The van der Waals surface area contributed by atoms with Crippen LogP contribution in [0.25, 0.3) is 0 Å². The number of hydrogen-bond acceptors (Lipinski definition) is 6. The molecule has 0 saturated carbocycles. The Labute approximate surface area is 180 Å². The van der Waals surface area contributed by atoms with Crippen LogP contribution in [0.1, 0.15) is 17.3 Å². The van der Waals surface area contributed by atoms with Crippen LogP contribution in [0.2, 0.25) is 10.0 Å². The van der Waals surface area contributed by atoms with Gasteiger partial charge in [0.05, 0.1) is 9.95 Å². The van der Waals surface area contributed by atoms with Gasteiger partial charge in [0.15, 0.2) is 11.2 Å². The van der Waals surface area contributed by atoms with E-state index in [0.717, 1.165) is 6.07 Å². The molecule has 29 heavy (non-hydrogen) atoms. The van der Waals surface area contributed by atoms with Crippen molar-refractivity contribution >= 4 is 58.0 Å². The Kier molecular flexibility index (Phi) is 7.71. The molecule has 0 aliphatic carbocycles. The summed E-state index contributed by atoms with van der Waals surface area (Å²) in [4.78, 5) is 34.3. The van der Waals surface area contributed by atoms with E-state index in [-0.39, 0.29) is 27.1 Å². The summed E-state index contributed by atoms with van der Waals surface area (Å²) in [6, 6.07) is 9.65. The first-order chi connectivity index (χ1) is 13.7. The number of ether oxygens (including phenoxy) is 1. The summed E-state index contributed by atoms with van der Waals surface area (Å²) in [7, 11) is 0. The van der Waals surface area contributed by atoms with Gasteiger partial charge in [-0.05, 0) is 43.4 Å². The van der Waals surface area contributed by atoms with Gasteiger partial charge >= 0.3 is 0 Å². The minimum atomic E-state index is -0.948. The van der Waals surface area contributed by atoms with Crippen LogP contribution in [0, 0.1) is 10.1 Å². The third-order valence-corrected chi connectivity index (χ3v) is 4.15. The molecule has 3 N–H and O–H groups in total. The topological polar surface area (TPSA) is 123 Å². The zero-order valence-corrected chi connectivity index (χ0v) is 17.1. The van der Waals surface area contributed by atoms with Crippen LogP contribution >= 0.6 is 35.4 Å². The molecule has 0 aliphatic heterocycles. The summed E-state index contributed by atoms with van der Waals surface area (Å²) in [5.41, 5.74) is 4.41. The van der Waals surface area contributed by atoms with Crippen LogP contribution in [-0.4, -0.2) is 28.0 Å². The van der Waals surface area contributed by atoms with Gasteiger partial charge in [-0.1, -0.05) is 29.3 Å². The standard InChI is InChI=1S/C17H14Cl2N4O5S/c1-9(28-14-6-5-11(18)8-13(14)19)15(24)21-22-17(29)20-16(25)10-3-2-4-12(7-10)23(26)27/h2-9H,1H3,(H,21,24)(H2,20,22,25,29). The monoisotopic (exact) mass is 456 g/mol. The van der Waals surface area contributed by atoms with E-state index < -0.39 is 22.8 Å². The molecule has 152 valence electrons. The molecular weight excluding hydrogens is 443 g/mol. The second-order valence-corrected chi connectivity index (χ2v) is 6.79. The van der Waals surface area contributed by atoms with E-state index in [1.54, 1.807) is 6.07 Å². The summed E-state index contributed by atoms with van der Waals surface area (Å²) in [6.07, 6.45) is -0.948. The van der Waals surface area contributed by atoms with Crippen molar-refractivity contribution in [2.45, 2.75) is 13.0 Å². The van der Waals surface area contributed by atoms with Gasteiger partial charge in [-0.2, -0.15) is 0 Å². The highest BCUT2D eigenvalue weighted by Gasteiger charge is 2.17. The van der Waals surface area contributed by atoms with E-state index in [0.29, 0.717) is 5.02 Å². The SMILES string of the molecule is CC(Oc1ccc(Cl)cc1Cl)C(=O)NNC(=S)NC(=O)c1cccc([N+](=O)[O-])c1. The van der Waals surface area contributed by atoms with Gasteiger partial charge in [0.1, 0.15) is 5.75 Å². The van der Waals surface area contributed by atoms with Crippen LogP contribution in [0.5, 0.6) is 5.75 Å². The number of hydrogen-bond donors (Lipinski definition) is 3. The van der Waals surface area contributed by atoms with Gasteiger partial charge in [-0.15, -0.1) is 0 Å². The number of halogens is 2. The number of amides is 2. The number of thiocarbonyl (C=S) groups is 1. The van der Waals surface area contributed by atoms with Crippen molar-refractivity contribution in [2.75, 3.05) is 0 Å². The zero-order chi connectivity index (χ0) is 21.6. The first kappa shape index (κ1) is 22.3. The number of carbonyl (C=O) groups excluding carboxylic acids is 2. The maximum atomic E-state index is 12.1. The Balaban J connectivity index is 1.86. The van der Waals surface area contributed by atoms with Crippen LogP contribution in [0.3, 0.4) is 0 Å². The highest BCUT2D eigenvalue weighted by atomic mass is 35.5. The third-order valence-electron chi connectivity index (χ3n) is 3.41. The summed E-state index contributed by atoms with van der Waals surface area (Å²) in [5, 5.41) is 13.5. The van der Waals surface area contributed by atoms with Crippen molar-refractivity contribution in [1.29, 1.82) is 0 Å². The number of non-ortho nitro benzene ring substituents is 1. The second-order valence-electron chi connectivity index (χ2n) is 5.54. The second kappa shape index (κ2) is 10.0. The number of nitrogens with one attached hydrogen (secondary N) is 3. The number of benzene rings is 2. The molecule has 0 spiro atoms. The van der Waals surface area contributed by atoms with Crippen LogP contribution in [-0.2, 0) is 4.79 Å². The summed E-state index contributed by atoms with van der Waals surface area (Å²) >= 11 is 16.7. The Morgan fingerprint density at radius 2 is 1.90 bits per heavy atom. The molecule has 2 rings (SSSR count). The van der Waals surface area contributed by atoms with Gasteiger partial charge in [0.25, 0.3) is 17.5 Å². The number of hydrazine groups is 1. The van der Waals surface area contributed by atoms with Crippen LogP contribution in [0.4, 0.5) is 5.69 Å². The number of carbonyl (C=O) groups is 2. The molecule has 0 heterocycles. The molecule has 2 amide bonds. The molecule has 2 aromatic carbocycles. The molecule has 0 saturated heterocycles. The largest absolute Gasteiger partial charge is 0.479 e. The molecule has 9 nitrogen and oxygen atoms in total. The Bertz CT molecular complexity index is 973. The summed E-state index contributed by atoms with van der Waals surface area (Å²) < 4.78 is 5.44. The lowest BCUT2D eigenvalue weighted by atomic mass is 10.2. The van der Waals surface area contributed by atoms with Crippen molar-refractivity contribution in [1.82, 2.24) is 16.2 Å². The maximum absolute atomic E-state index is 12.1. The van der Waals surface area contributed by atoms with Gasteiger partial charge in [0.2, 0.25) is 0 Å². The highest BCUT2D eigenvalue weighted by molar-refractivity contribution is 7.80. The summed E-state index contributed by atoms with van der Waals surface area (Å²) in [6.45, 7) is 1.48. The molecule has 0 aliphatic rings. The molecule has 0 fully saturated rings. The maximum Gasteiger partial charge on any atom is 0.279 e. The molecular formula is C17H14Cl2N4O5S. The van der Waals surface area contributed by atoms with Gasteiger partial charge in [-0.3, -0.25) is 35.9 Å². The predicted molar refractivity (Wildman–Crippen MR) is 111 cm³/mol. The molecule has 1 atom stereocenters. The molecule has 1 unspecified atom stereocenters. The van der Waals surface area contributed by atoms with Crippen molar-refractivity contribution < 1.29 is 19.2 Å². The van der Waals surface area contributed by atoms with E-state index in [1.165, 1.54) is 37.3 Å². The molecule has 0 radical (unpaired) electrons. The van der Waals surface area contributed by atoms with Crippen molar-refractivity contribution in [3.05, 3.63) is 68.2 Å². The fourth-order valence-corrected chi connectivity index (χ4v) is 2.60. The average Bonchev–Trinajstić information content (AvgIpc) is 2.68. The average molecular weight is 457 g/mol. The van der Waals surface area contributed by atoms with Crippen LogP contribution in [0.15, 0.2) is 42.5 Å². The van der Waals surface area contributed by atoms with Crippen molar-refractivity contribution in [3.63, 3.8) is 0 Å². The van der Waals surface area contributed by atoms with Crippen molar-refractivity contribution in [2.24, 2.45) is 0 Å². The quantitative estimate of drug-likeness (QED) is 0.358. The number of nitro groups is 1. The Hall–Kier alpha value is -2.95. The van der Waals surface area contributed by atoms with E-state index in [2.05, 4.69) is 16.2 Å². The highest BCUT2D eigenvalue weighted by Crippen LogP contribution is 2.28. The minimum absolute atomic E-state index is 0.0313. The smallest absolute Gasteiger partial charge is 0.279 e. The van der Waals surface area contributed by atoms with E-state index in [1.807, 2.05) is 0 Å². The van der Waals surface area contributed by atoms with Crippen molar-refractivity contribution in [3.8, 4) is 5.75 Å². The molecule has 0 bridgehead atoms. The Morgan fingerprint density at radius 3 is 2.55 bits per heavy atom. The van der Waals surface area contributed by atoms with E-state index in [4.69, 9.17) is 40.2 Å². The number of rotatable bonds is 5. The third kappa shape index (κ3) is 6.56. The first-order valence-electron chi connectivity index (χ1n) is 7.94. The lowest BCUT2D eigenvalue weighted by Gasteiger charge is -2.17. The van der Waals surface area contributed by atoms with E-state index in [9.17, 15) is 19.7 Å². The molecule has 2 aromatic rings. The normalized spacial score (nSPS) is 11.1. The fourth-order valence-electron chi connectivity index (χ4n) is 2.00. The number of nitrogens with zero attached hydrogens (tertiary/aromatic N) is 1. The number of nitro benzene ring substituents is 1. The van der Waals surface area contributed by atoms with Gasteiger partial charge in [-0.25, -0.2) is 0 Å². The zero-order valence-electron chi connectivity index (χ0n) is 14.8. The summed E-state index contributed by atoms with van der Waals surface area (Å²) in [5.74, 6) is -1.01. The fraction of sp³-hybridized carbons (Fsp3) is 0.118. The molecule has 0 aromatic heterocycles. The van der Waals surface area contributed by atoms with E-state index >= 15 is 0 Å². The lowest BCUT2D eigenvalue weighted by molar-refractivity contribution is -0.384.